The van der Waals surface area contributed by atoms with Gasteiger partial charge in [-0.15, -0.1) is 0 Å². The van der Waals surface area contributed by atoms with Crippen LogP contribution in [0.1, 0.15) is 22.3 Å². The predicted octanol–water partition coefficient (Wildman–Crippen LogP) is 3.83. The number of fused-ring (bicyclic) bond motifs is 1. The van der Waals surface area contributed by atoms with Crippen molar-refractivity contribution in [3.05, 3.63) is 71.8 Å². The third-order valence-corrected chi connectivity index (χ3v) is 4.32. The van der Waals surface area contributed by atoms with Crippen molar-refractivity contribution >= 4 is 26.3 Å². The molecule has 4 heteroatoms. The van der Waals surface area contributed by atoms with Gasteiger partial charge >= 0.3 is 0 Å². The number of carbonyl (C=O) groups excluding carboxylic acids is 1. The van der Waals surface area contributed by atoms with E-state index < -0.39 is 0 Å². The zero-order chi connectivity index (χ0) is 13.9. The number of hydrogen-bond donors (Lipinski definition) is 0. The Bertz CT molecular complexity index is 699. The third-order valence-electron chi connectivity index (χ3n) is 3.39. The van der Waals surface area contributed by atoms with Gasteiger partial charge in [0.2, 0.25) is 0 Å². The Morgan fingerprint density at radius 1 is 1.30 bits per heavy atom. The summed E-state index contributed by atoms with van der Waals surface area (Å²) in [5.74, 6) is -0.0887. The van der Waals surface area contributed by atoms with E-state index in [0.29, 0.717) is 0 Å². The normalized spacial score (nSPS) is 14.7. The topological polar surface area (TPSA) is 34.9 Å². The zero-order valence-electron chi connectivity index (χ0n) is 10.8. The molecule has 20 heavy (non-hydrogen) atoms. The molecule has 1 heterocycles. The van der Waals surface area contributed by atoms with Crippen molar-refractivity contribution in [2.24, 2.45) is 0 Å². The van der Waals surface area contributed by atoms with Crippen LogP contribution in [0.25, 0.3) is 4.48 Å². The lowest BCUT2D eigenvalue weighted by atomic mass is 9.92. The van der Waals surface area contributed by atoms with Crippen LogP contribution in [-0.4, -0.2) is 15.5 Å². The number of imidazole rings is 1. The van der Waals surface area contributed by atoms with Gasteiger partial charge in [0, 0.05) is 23.0 Å². The minimum absolute atomic E-state index is 0.0887. The van der Waals surface area contributed by atoms with Gasteiger partial charge in [0.05, 0.1) is 0 Å². The molecule has 0 unspecified atom stereocenters. The summed E-state index contributed by atoms with van der Waals surface area (Å²) in [6.45, 7) is 0. The van der Waals surface area contributed by atoms with Crippen LogP contribution in [0.2, 0.25) is 0 Å². The van der Waals surface area contributed by atoms with Crippen LogP contribution in [0.3, 0.4) is 0 Å². The summed E-state index contributed by atoms with van der Waals surface area (Å²) in [6, 6.07) is 8.34. The SMILES string of the molecule is O=C(/C=C/C1=C(Br)c2ccccc2CC1)n1ccnc1. The fourth-order valence-electron chi connectivity index (χ4n) is 2.31. The van der Waals surface area contributed by atoms with Crippen LogP contribution in [0, 0.1) is 0 Å². The molecule has 0 N–H and O–H groups in total. The van der Waals surface area contributed by atoms with Gasteiger partial charge in [0.25, 0.3) is 5.91 Å². The Morgan fingerprint density at radius 3 is 2.95 bits per heavy atom. The lowest BCUT2D eigenvalue weighted by molar-refractivity contribution is 0.0968. The van der Waals surface area contributed by atoms with Gasteiger partial charge in [-0.1, -0.05) is 30.3 Å². The summed E-state index contributed by atoms with van der Waals surface area (Å²) in [5, 5.41) is 0. The first-order valence-corrected chi connectivity index (χ1v) is 7.22. The molecule has 2 aromatic rings. The number of allylic oxidation sites excluding steroid dienone is 3. The van der Waals surface area contributed by atoms with Gasteiger partial charge in [-0.3, -0.25) is 9.36 Å². The first-order chi connectivity index (χ1) is 9.75. The fraction of sp³-hybridized carbons (Fsp3) is 0.125. The number of aryl methyl sites for hydroxylation is 1. The molecule has 0 radical (unpaired) electrons. The van der Waals surface area contributed by atoms with Crippen molar-refractivity contribution in [2.75, 3.05) is 0 Å². The number of benzene rings is 1. The molecule has 0 bridgehead atoms. The number of aromatic nitrogens is 2. The van der Waals surface area contributed by atoms with Crippen LogP contribution in [0.15, 0.2) is 60.7 Å². The van der Waals surface area contributed by atoms with Gasteiger partial charge in [-0.25, -0.2) is 4.98 Å². The quantitative estimate of drug-likeness (QED) is 0.785. The highest BCUT2D eigenvalue weighted by Gasteiger charge is 2.15. The van der Waals surface area contributed by atoms with E-state index in [4.69, 9.17) is 0 Å². The highest BCUT2D eigenvalue weighted by Crippen LogP contribution is 2.35. The van der Waals surface area contributed by atoms with Crippen molar-refractivity contribution in [1.29, 1.82) is 0 Å². The van der Waals surface area contributed by atoms with Crippen molar-refractivity contribution in [2.45, 2.75) is 12.8 Å². The number of carbonyl (C=O) groups is 1. The number of halogens is 1. The number of nitrogens with zero attached hydrogens (tertiary/aromatic N) is 2. The van der Waals surface area contributed by atoms with E-state index in [2.05, 4.69) is 39.1 Å². The molecule has 0 atom stereocenters. The maximum Gasteiger partial charge on any atom is 0.255 e. The maximum atomic E-state index is 11.9. The summed E-state index contributed by atoms with van der Waals surface area (Å²) in [4.78, 5) is 15.8. The minimum atomic E-state index is -0.0887. The van der Waals surface area contributed by atoms with Crippen molar-refractivity contribution in [3.63, 3.8) is 0 Å². The molecule has 3 rings (SSSR count). The molecule has 1 aliphatic carbocycles. The second-order valence-corrected chi connectivity index (χ2v) is 5.43. The first kappa shape index (κ1) is 13.1. The van der Waals surface area contributed by atoms with Crippen molar-refractivity contribution in [3.8, 4) is 0 Å². The molecule has 0 aliphatic heterocycles. The Morgan fingerprint density at radius 2 is 2.15 bits per heavy atom. The summed E-state index contributed by atoms with van der Waals surface area (Å²) in [7, 11) is 0. The molecular weight excluding hydrogens is 316 g/mol. The summed E-state index contributed by atoms with van der Waals surface area (Å²) in [5.41, 5.74) is 3.71. The molecular formula is C16H13BrN2O. The van der Waals surface area contributed by atoms with Crippen LogP contribution in [0.5, 0.6) is 0 Å². The maximum absolute atomic E-state index is 11.9. The van der Waals surface area contributed by atoms with Crippen LogP contribution in [0.4, 0.5) is 0 Å². The van der Waals surface area contributed by atoms with Crippen LogP contribution >= 0.6 is 15.9 Å². The number of rotatable bonds is 2. The Balaban J connectivity index is 1.87. The Labute approximate surface area is 125 Å². The molecule has 1 aliphatic rings. The molecule has 1 aromatic heterocycles. The summed E-state index contributed by atoms with van der Waals surface area (Å²) < 4.78 is 2.54. The van der Waals surface area contributed by atoms with Crippen LogP contribution in [-0.2, 0) is 6.42 Å². The molecule has 100 valence electrons. The second kappa shape index (κ2) is 5.59. The monoisotopic (exact) mass is 328 g/mol. The van der Waals surface area contributed by atoms with E-state index >= 15 is 0 Å². The van der Waals surface area contributed by atoms with E-state index in [1.807, 2.05) is 12.1 Å². The van der Waals surface area contributed by atoms with E-state index in [1.54, 1.807) is 18.5 Å². The minimum Gasteiger partial charge on any atom is -0.273 e. The second-order valence-electron chi connectivity index (χ2n) is 4.64. The third kappa shape index (κ3) is 2.51. The van der Waals surface area contributed by atoms with Crippen molar-refractivity contribution in [1.82, 2.24) is 9.55 Å². The lowest BCUT2D eigenvalue weighted by Gasteiger charge is -2.17. The molecule has 0 spiro atoms. The van der Waals surface area contributed by atoms with E-state index in [9.17, 15) is 4.79 Å². The molecule has 0 fully saturated rings. The Kier molecular flexibility index (Phi) is 3.65. The molecule has 0 saturated heterocycles. The average molecular weight is 329 g/mol. The largest absolute Gasteiger partial charge is 0.273 e. The predicted molar refractivity (Wildman–Crippen MR) is 82.6 cm³/mol. The van der Waals surface area contributed by atoms with Gasteiger partial charge in [0.15, 0.2) is 0 Å². The Hall–Kier alpha value is -1.94. The molecule has 0 saturated carbocycles. The fourth-order valence-corrected chi connectivity index (χ4v) is 3.03. The zero-order valence-corrected chi connectivity index (χ0v) is 12.4. The lowest BCUT2D eigenvalue weighted by Crippen LogP contribution is -2.05. The highest BCUT2D eigenvalue weighted by molar-refractivity contribution is 9.15. The van der Waals surface area contributed by atoms with E-state index in [1.165, 1.54) is 22.0 Å². The van der Waals surface area contributed by atoms with Gasteiger partial charge < -0.3 is 0 Å². The molecule has 0 amide bonds. The highest BCUT2D eigenvalue weighted by atomic mass is 79.9. The van der Waals surface area contributed by atoms with Gasteiger partial charge in [-0.05, 0) is 45.5 Å². The smallest absolute Gasteiger partial charge is 0.255 e. The standard InChI is InChI=1S/C16H13BrN2O/c17-16-13(6-5-12-3-1-2-4-14(12)16)7-8-15(20)19-10-9-18-11-19/h1-4,7-11H,5-6H2/b8-7+. The van der Waals surface area contributed by atoms with E-state index in [0.717, 1.165) is 22.9 Å². The first-order valence-electron chi connectivity index (χ1n) is 6.43. The van der Waals surface area contributed by atoms with E-state index in [-0.39, 0.29) is 5.91 Å². The molecule has 3 nitrogen and oxygen atoms in total. The van der Waals surface area contributed by atoms with Gasteiger partial charge in [0.1, 0.15) is 6.33 Å². The van der Waals surface area contributed by atoms with Crippen LogP contribution < -0.4 is 0 Å². The van der Waals surface area contributed by atoms with Crippen molar-refractivity contribution < 1.29 is 4.79 Å². The summed E-state index contributed by atoms with van der Waals surface area (Å²) in [6.07, 6.45) is 10.2. The van der Waals surface area contributed by atoms with Gasteiger partial charge in [-0.2, -0.15) is 0 Å². The average Bonchev–Trinajstić information content (AvgIpc) is 3.01. The summed E-state index contributed by atoms with van der Waals surface area (Å²) >= 11 is 3.65. The molecule has 1 aromatic carbocycles. The number of hydrogen-bond acceptors (Lipinski definition) is 2.